The Kier molecular flexibility index (Phi) is 7.86. The van der Waals surface area contributed by atoms with Crippen LogP contribution in [0, 0.1) is 5.41 Å². The van der Waals surface area contributed by atoms with Gasteiger partial charge in [-0.2, -0.15) is 0 Å². The van der Waals surface area contributed by atoms with Crippen molar-refractivity contribution >= 4 is 23.5 Å². The van der Waals surface area contributed by atoms with Crippen molar-refractivity contribution in [2.24, 2.45) is 5.41 Å². The maximum absolute atomic E-state index is 13.2. The number of ether oxygens (including phenoxy) is 3. The molecule has 2 aromatic carbocycles. The van der Waals surface area contributed by atoms with Gasteiger partial charge in [-0.25, -0.2) is 4.79 Å². The molecule has 172 valence electrons. The van der Waals surface area contributed by atoms with Crippen LogP contribution in [0.3, 0.4) is 0 Å². The Bertz CT molecular complexity index is 980. The minimum absolute atomic E-state index is 0.0349. The van der Waals surface area contributed by atoms with E-state index in [1.807, 2.05) is 0 Å². The molecule has 0 fully saturated rings. The van der Waals surface area contributed by atoms with Crippen molar-refractivity contribution in [3.8, 4) is 11.5 Å². The van der Waals surface area contributed by atoms with Crippen LogP contribution in [0.1, 0.15) is 42.8 Å². The lowest BCUT2D eigenvalue weighted by Crippen LogP contribution is -2.32. The second-order valence-electron chi connectivity index (χ2n) is 8.39. The first-order valence-corrected chi connectivity index (χ1v) is 10.0. The third kappa shape index (κ3) is 5.78. The molecule has 2 rings (SSSR count). The van der Waals surface area contributed by atoms with Crippen molar-refractivity contribution in [2.45, 2.75) is 26.9 Å². The van der Waals surface area contributed by atoms with Crippen LogP contribution < -0.4 is 14.8 Å². The second-order valence-corrected chi connectivity index (χ2v) is 8.39. The van der Waals surface area contributed by atoms with Crippen LogP contribution in [-0.2, 0) is 14.3 Å². The summed E-state index contributed by atoms with van der Waals surface area (Å²) >= 11 is 0. The van der Waals surface area contributed by atoms with Gasteiger partial charge in [-0.15, -0.1) is 0 Å². The van der Waals surface area contributed by atoms with E-state index in [0.717, 1.165) is 0 Å². The Hall–Kier alpha value is -3.55. The average molecular weight is 443 g/mol. The van der Waals surface area contributed by atoms with Gasteiger partial charge >= 0.3 is 5.97 Å². The highest BCUT2D eigenvalue weighted by atomic mass is 16.5. The molecular weight excluding hydrogens is 412 g/mol. The van der Waals surface area contributed by atoms with E-state index in [9.17, 15) is 14.4 Å². The standard InChI is InChI=1S/C24H30N2O6/c1-24(2,3)23(29)25-17-14-19(31-7)18(30-6)13-16(17)22(28)32-20(21(27)26(4)5)15-11-9-8-10-12-15/h8-14,20H,1-7H3,(H,25,29). The summed E-state index contributed by atoms with van der Waals surface area (Å²) in [4.78, 5) is 40.0. The molecule has 2 amide bonds. The smallest absolute Gasteiger partial charge is 0.341 e. The van der Waals surface area contributed by atoms with Gasteiger partial charge in [0.15, 0.2) is 11.5 Å². The number of amides is 2. The molecule has 0 spiro atoms. The first kappa shape index (κ1) is 24.7. The Morgan fingerprint density at radius 1 is 0.938 bits per heavy atom. The maximum Gasteiger partial charge on any atom is 0.341 e. The molecule has 32 heavy (non-hydrogen) atoms. The molecule has 1 unspecified atom stereocenters. The molecule has 2 aromatic rings. The molecule has 8 nitrogen and oxygen atoms in total. The van der Waals surface area contributed by atoms with E-state index in [-0.39, 0.29) is 22.9 Å². The Labute approximate surface area is 188 Å². The summed E-state index contributed by atoms with van der Waals surface area (Å²) < 4.78 is 16.3. The predicted octanol–water partition coefficient (Wildman–Crippen LogP) is 3.67. The second kappa shape index (κ2) is 10.2. The van der Waals surface area contributed by atoms with Gasteiger partial charge in [-0.1, -0.05) is 51.1 Å². The molecule has 0 aliphatic rings. The van der Waals surface area contributed by atoms with Gasteiger partial charge in [-0.05, 0) is 0 Å². The third-order valence-electron chi connectivity index (χ3n) is 4.67. The summed E-state index contributed by atoms with van der Waals surface area (Å²) in [6, 6.07) is 11.6. The van der Waals surface area contributed by atoms with E-state index in [4.69, 9.17) is 14.2 Å². The molecule has 0 bridgehead atoms. The molecule has 0 saturated carbocycles. The Balaban J connectivity index is 2.51. The summed E-state index contributed by atoms with van der Waals surface area (Å²) in [6.45, 7) is 5.26. The molecule has 0 aromatic heterocycles. The van der Waals surface area contributed by atoms with Gasteiger partial charge in [0.1, 0.15) is 0 Å². The van der Waals surface area contributed by atoms with Crippen LogP contribution in [0.4, 0.5) is 5.69 Å². The van der Waals surface area contributed by atoms with E-state index < -0.39 is 23.4 Å². The summed E-state index contributed by atoms with van der Waals surface area (Å²) in [7, 11) is 6.05. The van der Waals surface area contributed by atoms with Crippen LogP contribution in [0.2, 0.25) is 0 Å². The van der Waals surface area contributed by atoms with Crippen LogP contribution in [0.5, 0.6) is 11.5 Å². The summed E-state index contributed by atoms with van der Waals surface area (Å²) in [5, 5.41) is 2.75. The van der Waals surface area contributed by atoms with E-state index in [1.54, 1.807) is 65.2 Å². The fraction of sp³-hybridized carbons (Fsp3) is 0.375. The zero-order chi connectivity index (χ0) is 24.1. The lowest BCUT2D eigenvalue weighted by molar-refractivity contribution is -0.138. The quantitative estimate of drug-likeness (QED) is 0.658. The number of anilines is 1. The van der Waals surface area contributed by atoms with Gasteiger partial charge in [0.2, 0.25) is 12.0 Å². The number of hydrogen-bond donors (Lipinski definition) is 1. The van der Waals surface area contributed by atoms with E-state index in [2.05, 4.69) is 5.32 Å². The molecule has 1 atom stereocenters. The van der Waals surface area contributed by atoms with Crippen LogP contribution in [0.25, 0.3) is 0 Å². The van der Waals surface area contributed by atoms with Crippen molar-refractivity contribution in [3.63, 3.8) is 0 Å². The Morgan fingerprint density at radius 2 is 1.50 bits per heavy atom. The number of nitrogens with one attached hydrogen (secondary N) is 1. The number of benzene rings is 2. The van der Waals surface area contributed by atoms with E-state index in [0.29, 0.717) is 11.3 Å². The monoisotopic (exact) mass is 442 g/mol. The summed E-state index contributed by atoms with van der Waals surface area (Å²) in [5.41, 5.74) is 0.0478. The molecule has 1 N–H and O–H groups in total. The number of esters is 1. The normalized spacial score (nSPS) is 11.8. The van der Waals surface area contributed by atoms with E-state index >= 15 is 0 Å². The minimum Gasteiger partial charge on any atom is -0.493 e. The van der Waals surface area contributed by atoms with Gasteiger partial charge in [0.05, 0.1) is 25.5 Å². The molecule has 0 radical (unpaired) electrons. The highest BCUT2D eigenvalue weighted by Gasteiger charge is 2.30. The van der Waals surface area contributed by atoms with Crippen molar-refractivity contribution in [2.75, 3.05) is 33.6 Å². The molecule has 8 heteroatoms. The van der Waals surface area contributed by atoms with Gasteiger partial charge in [0, 0.05) is 37.2 Å². The molecule has 0 saturated heterocycles. The lowest BCUT2D eigenvalue weighted by atomic mass is 9.95. The summed E-state index contributed by atoms with van der Waals surface area (Å²) in [6.07, 6.45) is -1.15. The number of methoxy groups -OCH3 is 2. The minimum atomic E-state index is -1.15. The number of carbonyl (C=O) groups excluding carboxylic acids is 3. The van der Waals surface area contributed by atoms with Crippen molar-refractivity contribution < 1.29 is 28.6 Å². The van der Waals surface area contributed by atoms with Crippen LogP contribution in [-0.4, -0.2) is 51.0 Å². The highest BCUT2D eigenvalue weighted by Crippen LogP contribution is 2.35. The molecule has 0 aliphatic carbocycles. The first-order valence-electron chi connectivity index (χ1n) is 10.0. The molecular formula is C24H30N2O6. The largest absolute Gasteiger partial charge is 0.493 e. The zero-order valence-corrected chi connectivity index (χ0v) is 19.5. The van der Waals surface area contributed by atoms with Crippen LogP contribution >= 0.6 is 0 Å². The predicted molar refractivity (Wildman–Crippen MR) is 121 cm³/mol. The topological polar surface area (TPSA) is 94.2 Å². The number of carbonyl (C=O) groups is 3. The molecule has 0 aliphatic heterocycles. The average Bonchev–Trinajstić information content (AvgIpc) is 2.76. The number of rotatable bonds is 7. The number of likely N-dealkylation sites (N-methyl/N-ethyl adjacent to an activating group) is 1. The Morgan fingerprint density at radius 3 is 2.00 bits per heavy atom. The number of nitrogens with zero attached hydrogens (tertiary/aromatic N) is 1. The molecule has 0 heterocycles. The van der Waals surface area contributed by atoms with Crippen molar-refractivity contribution in [1.29, 1.82) is 0 Å². The van der Waals surface area contributed by atoms with Gasteiger partial charge < -0.3 is 24.4 Å². The van der Waals surface area contributed by atoms with E-state index in [1.165, 1.54) is 31.3 Å². The fourth-order valence-electron chi connectivity index (χ4n) is 2.75. The first-order chi connectivity index (χ1) is 15.0. The van der Waals surface area contributed by atoms with Gasteiger partial charge in [-0.3, -0.25) is 9.59 Å². The van der Waals surface area contributed by atoms with Crippen molar-refractivity contribution in [1.82, 2.24) is 4.90 Å². The van der Waals surface area contributed by atoms with Gasteiger partial charge in [0.25, 0.3) is 5.91 Å². The van der Waals surface area contributed by atoms with Crippen molar-refractivity contribution in [3.05, 3.63) is 53.6 Å². The maximum atomic E-state index is 13.2. The highest BCUT2D eigenvalue weighted by molar-refractivity contribution is 6.04. The fourth-order valence-corrected chi connectivity index (χ4v) is 2.75. The third-order valence-corrected chi connectivity index (χ3v) is 4.67. The summed E-state index contributed by atoms with van der Waals surface area (Å²) in [5.74, 6) is -0.882. The SMILES string of the molecule is COc1cc(NC(=O)C(C)(C)C)c(C(=O)OC(C(=O)N(C)C)c2ccccc2)cc1OC. The number of hydrogen-bond acceptors (Lipinski definition) is 6. The zero-order valence-electron chi connectivity index (χ0n) is 19.5. The van der Waals surface area contributed by atoms with Crippen LogP contribution in [0.15, 0.2) is 42.5 Å². The lowest BCUT2D eigenvalue weighted by Gasteiger charge is -2.23.